The predicted octanol–water partition coefficient (Wildman–Crippen LogP) is 3.21. The molecule has 25 heavy (non-hydrogen) atoms. The van der Waals surface area contributed by atoms with Crippen LogP contribution in [0.25, 0.3) is 16.6 Å². The standard InChI is InChI=1S/C15H7F3N2O3S2/c16-15(17,18)7-4-5-10-9(6-7)20-12-8(13(21)19-14(20)24)2-1-3-11(12)25(10,22)23/h1-6H,(H,19,21,24). The van der Waals surface area contributed by atoms with E-state index in [1.54, 1.807) is 0 Å². The van der Waals surface area contributed by atoms with Gasteiger partial charge in [-0.3, -0.25) is 14.3 Å². The van der Waals surface area contributed by atoms with Crippen LogP contribution in [0.4, 0.5) is 13.2 Å². The Morgan fingerprint density at radius 2 is 1.80 bits per heavy atom. The van der Waals surface area contributed by atoms with Crippen LogP contribution >= 0.6 is 12.2 Å². The molecule has 1 aromatic heterocycles. The number of aromatic nitrogens is 2. The van der Waals surface area contributed by atoms with Crippen LogP contribution in [-0.4, -0.2) is 18.0 Å². The van der Waals surface area contributed by atoms with Crippen molar-refractivity contribution in [2.24, 2.45) is 0 Å². The minimum absolute atomic E-state index is 0.0249. The number of hydrogen-bond donors (Lipinski definition) is 1. The van der Waals surface area contributed by atoms with Crippen LogP contribution in [0.2, 0.25) is 0 Å². The van der Waals surface area contributed by atoms with Crippen LogP contribution < -0.4 is 5.56 Å². The molecule has 2 aromatic carbocycles. The summed E-state index contributed by atoms with van der Waals surface area (Å²) in [6, 6.07) is 6.41. The van der Waals surface area contributed by atoms with E-state index >= 15 is 0 Å². The van der Waals surface area contributed by atoms with Gasteiger partial charge in [-0.2, -0.15) is 13.2 Å². The highest BCUT2D eigenvalue weighted by Gasteiger charge is 2.36. The third kappa shape index (κ3) is 2.10. The lowest BCUT2D eigenvalue weighted by molar-refractivity contribution is -0.137. The van der Waals surface area contributed by atoms with Gasteiger partial charge in [-0.05, 0) is 42.5 Å². The first-order valence-corrected chi connectivity index (χ1v) is 8.76. The van der Waals surface area contributed by atoms with Crippen molar-refractivity contribution in [3.05, 3.63) is 57.1 Å². The quantitative estimate of drug-likeness (QED) is 0.473. The van der Waals surface area contributed by atoms with E-state index in [2.05, 4.69) is 4.98 Å². The van der Waals surface area contributed by atoms with Crippen molar-refractivity contribution < 1.29 is 21.6 Å². The van der Waals surface area contributed by atoms with Crippen molar-refractivity contribution in [1.82, 2.24) is 9.55 Å². The number of halogens is 3. The van der Waals surface area contributed by atoms with Crippen molar-refractivity contribution >= 4 is 33.0 Å². The van der Waals surface area contributed by atoms with Crippen molar-refractivity contribution in [2.75, 3.05) is 0 Å². The lowest BCUT2D eigenvalue weighted by Crippen LogP contribution is -2.22. The SMILES string of the molecule is O=c1[nH]c(=S)n2c3c(cccc13)S(=O)(=O)c1ccc(C(F)(F)F)cc1-2. The molecule has 0 bridgehead atoms. The maximum atomic E-state index is 13.1. The van der Waals surface area contributed by atoms with Crippen LogP contribution in [0.3, 0.4) is 0 Å². The summed E-state index contributed by atoms with van der Waals surface area (Å²) in [5.41, 5.74) is -1.88. The normalized spacial score (nSPS) is 15.2. The summed E-state index contributed by atoms with van der Waals surface area (Å²) >= 11 is 5.08. The Hall–Kier alpha value is -2.46. The Balaban J connectivity index is 2.30. The van der Waals surface area contributed by atoms with Gasteiger partial charge in [0.15, 0.2) is 4.77 Å². The molecule has 4 rings (SSSR count). The molecule has 128 valence electrons. The first-order chi connectivity index (χ1) is 11.6. The Morgan fingerprint density at radius 1 is 1.08 bits per heavy atom. The van der Waals surface area contributed by atoms with E-state index < -0.39 is 27.1 Å². The molecular weight excluding hydrogens is 377 g/mol. The highest BCUT2D eigenvalue weighted by molar-refractivity contribution is 7.92. The zero-order chi connectivity index (χ0) is 18.1. The van der Waals surface area contributed by atoms with E-state index in [1.165, 1.54) is 18.2 Å². The second-order valence-corrected chi connectivity index (χ2v) is 7.70. The summed E-state index contributed by atoms with van der Waals surface area (Å²) in [5.74, 6) is 0. The fourth-order valence-electron chi connectivity index (χ4n) is 2.92. The van der Waals surface area contributed by atoms with E-state index in [0.29, 0.717) is 6.07 Å². The molecule has 0 saturated carbocycles. The van der Waals surface area contributed by atoms with E-state index in [1.807, 2.05) is 0 Å². The molecule has 0 radical (unpaired) electrons. The largest absolute Gasteiger partial charge is 0.416 e. The molecule has 0 fully saturated rings. The summed E-state index contributed by atoms with van der Waals surface area (Å²) in [7, 11) is -4.09. The number of aromatic amines is 1. The maximum absolute atomic E-state index is 13.1. The number of benzene rings is 2. The molecule has 0 saturated heterocycles. The van der Waals surface area contributed by atoms with Gasteiger partial charge >= 0.3 is 6.18 Å². The van der Waals surface area contributed by atoms with Gasteiger partial charge in [0.1, 0.15) is 0 Å². The van der Waals surface area contributed by atoms with Crippen molar-refractivity contribution in [3.8, 4) is 5.69 Å². The van der Waals surface area contributed by atoms with Crippen molar-refractivity contribution in [2.45, 2.75) is 16.0 Å². The number of H-pyrrole nitrogens is 1. The van der Waals surface area contributed by atoms with Crippen molar-refractivity contribution in [3.63, 3.8) is 0 Å². The van der Waals surface area contributed by atoms with E-state index in [9.17, 15) is 26.4 Å². The van der Waals surface area contributed by atoms with Crippen molar-refractivity contribution in [1.29, 1.82) is 0 Å². The summed E-state index contributed by atoms with van der Waals surface area (Å²) in [6.07, 6.45) is -4.65. The number of para-hydroxylation sites is 1. The summed E-state index contributed by atoms with van der Waals surface area (Å²) in [6.45, 7) is 0. The van der Waals surface area contributed by atoms with Gasteiger partial charge in [0.2, 0.25) is 9.84 Å². The van der Waals surface area contributed by atoms with E-state index in [0.717, 1.165) is 16.7 Å². The second-order valence-electron chi connectivity index (χ2n) is 5.43. The minimum Gasteiger partial charge on any atom is -0.298 e. The predicted molar refractivity (Wildman–Crippen MR) is 85.2 cm³/mol. The van der Waals surface area contributed by atoms with Gasteiger partial charge in [-0.25, -0.2) is 8.42 Å². The smallest absolute Gasteiger partial charge is 0.298 e. The summed E-state index contributed by atoms with van der Waals surface area (Å²) in [5, 5.41) is 0.0257. The van der Waals surface area contributed by atoms with E-state index in [-0.39, 0.29) is 31.2 Å². The molecule has 3 aromatic rings. The van der Waals surface area contributed by atoms with Crippen LogP contribution in [-0.2, 0) is 16.0 Å². The summed E-state index contributed by atoms with van der Waals surface area (Å²) < 4.78 is 65.8. The molecule has 2 heterocycles. The summed E-state index contributed by atoms with van der Waals surface area (Å²) in [4.78, 5) is 14.0. The fourth-order valence-corrected chi connectivity index (χ4v) is 4.82. The average Bonchev–Trinajstić information content (AvgIpc) is 2.52. The van der Waals surface area contributed by atoms with Gasteiger partial charge in [0.25, 0.3) is 5.56 Å². The molecule has 0 aliphatic carbocycles. The number of alkyl halides is 3. The Kier molecular flexibility index (Phi) is 3.07. The van der Waals surface area contributed by atoms with Crippen LogP contribution in [0.1, 0.15) is 5.56 Å². The lowest BCUT2D eigenvalue weighted by Gasteiger charge is -2.23. The first kappa shape index (κ1) is 16.0. The highest BCUT2D eigenvalue weighted by atomic mass is 32.2. The van der Waals surface area contributed by atoms with Crippen LogP contribution in [0.5, 0.6) is 0 Å². The minimum atomic E-state index is -4.65. The number of fused-ring (bicyclic) bond motifs is 2. The average molecular weight is 384 g/mol. The second kappa shape index (κ2) is 4.79. The molecular formula is C15H7F3N2O3S2. The number of nitrogens with one attached hydrogen (secondary N) is 1. The van der Waals surface area contributed by atoms with Gasteiger partial charge in [0.05, 0.1) is 31.9 Å². The Labute approximate surface area is 143 Å². The molecule has 1 aliphatic rings. The molecule has 0 atom stereocenters. The van der Waals surface area contributed by atoms with Gasteiger partial charge < -0.3 is 0 Å². The molecule has 10 heteroatoms. The Morgan fingerprint density at radius 3 is 2.48 bits per heavy atom. The highest BCUT2D eigenvalue weighted by Crippen LogP contribution is 2.40. The zero-order valence-electron chi connectivity index (χ0n) is 12.1. The van der Waals surface area contributed by atoms with Crippen LogP contribution in [0.15, 0.2) is 51.0 Å². The molecule has 1 aliphatic heterocycles. The molecule has 0 spiro atoms. The first-order valence-electron chi connectivity index (χ1n) is 6.87. The third-order valence-corrected chi connectivity index (χ3v) is 6.11. The van der Waals surface area contributed by atoms with Gasteiger partial charge in [0, 0.05) is 0 Å². The molecule has 5 nitrogen and oxygen atoms in total. The van der Waals surface area contributed by atoms with Gasteiger partial charge in [-0.15, -0.1) is 0 Å². The number of sulfone groups is 1. The van der Waals surface area contributed by atoms with E-state index in [4.69, 9.17) is 12.2 Å². The van der Waals surface area contributed by atoms with Crippen LogP contribution in [0, 0.1) is 4.77 Å². The lowest BCUT2D eigenvalue weighted by atomic mass is 10.1. The number of rotatable bonds is 0. The molecule has 0 amide bonds. The maximum Gasteiger partial charge on any atom is 0.416 e. The third-order valence-electron chi connectivity index (χ3n) is 4.00. The number of hydrogen-bond acceptors (Lipinski definition) is 4. The monoisotopic (exact) mass is 384 g/mol. The zero-order valence-corrected chi connectivity index (χ0v) is 13.7. The molecule has 0 unspecified atom stereocenters. The molecule has 1 N–H and O–H groups in total. The Bertz CT molecular complexity index is 1290. The van der Waals surface area contributed by atoms with Gasteiger partial charge in [-0.1, -0.05) is 6.07 Å². The fraction of sp³-hybridized carbons (Fsp3) is 0.0667. The topological polar surface area (TPSA) is 71.9 Å². The number of nitrogens with zero attached hydrogens (tertiary/aromatic N) is 1.